The molecule has 0 aliphatic rings. The highest BCUT2D eigenvalue weighted by atomic mass is 32.3. The van der Waals surface area contributed by atoms with E-state index in [4.69, 9.17) is 5.73 Å². The van der Waals surface area contributed by atoms with Crippen molar-refractivity contribution in [3.8, 4) is 0 Å². The first-order chi connectivity index (χ1) is 3.48. The normalized spacial score (nSPS) is 18.1. The quantitative estimate of drug-likeness (QED) is 0.608. The zero-order valence-corrected chi connectivity index (χ0v) is 7.09. The maximum Gasteiger partial charge on any atom is 0.0342 e. The minimum atomic E-state index is -0.475. The first-order valence-electron chi connectivity index (χ1n) is 2.91. The molecule has 52 valence electrons. The molecule has 0 aromatic heterocycles. The van der Waals surface area contributed by atoms with Crippen molar-refractivity contribution in [1.29, 1.82) is 0 Å². The van der Waals surface area contributed by atoms with E-state index >= 15 is 0 Å². The van der Waals surface area contributed by atoms with Crippen molar-refractivity contribution >= 4 is 10.0 Å². The molecule has 0 heterocycles. The molecule has 0 aliphatic carbocycles. The smallest absolute Gasteiger partial charge is 0.0342 e. The minimum Gasteiger partial charge on any atom is -0.321 e. The third kappa shape index (κ3) is 2.58. The van der Waals surface area contributed by atoms with Crippen LogP contribution >= 0.6 is 10.0 Å². The van der Waals surface area contributed by atoms with Crippen LogP contribution in [0.3, 0.4) is 0 Å². The summed E-state index contributed by atoms with van der Waals surface area (Å²) in [7, 11) is -0.475. The maximum absolute atomic E-state index is 5.79. The Morgan fingerprint density at radius 3 is 1.75 bits per heavy atom. The van der Waals surface area contributed by atoms with E-state index in [1.807, 2.05) is 0 Å². The Morgan fingerprint density at radius 1 is 1.38 bits per heavy atom. The van der Waals surface area contributed by atoms with Gasteiger partial charge in [0.15, 0.2) is 0 Å². The van der Waals surface area contributed by atoms with Crippen molar-refractivity contribution in [2.75, 3.05) is 18.8 Å². The molecule has 0 radical (unpaired) electrons. The second-order valence-electron chi connectivity index (χ2n) is 2.88. The molecule has 0 saturated heterocycles. The summed E-state index contributed by atoms with van der Waals surface area (Å²) >= 11 is 0. The van der Waals surface area contributed by atoms with Crippen LogP contribution in [0.25, 0.3) is 0 Å². The molecule has 0 aliphatic heterocycles. The number of hydrogen-bond acceptors (Lipinski definition) is 1. The predicted octanol–water partition coefficient (Wildman–Crippen LogP) is 1.38. The van der Waals surface area contributed by atoms with Crippen molar-refractivity contribution in [1.82, 2.24) is 0 Å². The summed E-state index contributed by atoms with van der Waals surface area (Å²) in [5, 5.41) is 0.433. The summed E-state index contributed by atoms with van der Waals surface area (Å²) in [5.41, 5.74) is 5.79. The van der Waals surface area contributed by atoms with E-state index < -0.39 is 10.0 Å². The maximum atomic E-state index is 5.79. The highest BCUT2D eigenvalue weighted by molar-refractivity contribution is 8.32. The molecule has 2 N–H and O–H groups in total. The van der Waals surface area contributed by atoms with Crippen molar-refractivity contribution < 1.29 is 0 Å². The van der Waals surface area contributed by atoms with Crippen LogP contribution in [0.5, 0.6) is 0 Å². The van der Waals surface area contributed by atoms with Gasteiger partial charge >= 0.3 is 0 Å². The average Bonchev–Trinajstić information content (AvgIpc) is 1.62. The van der Waals surface area contributed by atoms with Crippen LogP contribution < -0.4 is 5.73 Å². The van der Waals surface area contributed by atoms with Crippen LogP contribution in [0.15, 0.2) is 0 Å². The lowest BCUT2D eigenvalue weighted by Gasteiger charge is -2.31. The molecular formula is C6H17NS. The zero-order valence-electron chi connectivity index (χ0n) is 6.27. The summed E-state index contributed by atoms with van der Waals surface area (Å²) in [6, 6.07) is 0. The SMILES string of the molecule is CCC(N)S(C)(C)C. The van der Waals surface area contributed by atoms with E-state index in [1.165, 1.54) is 0 Å². The van der Waals surface area contributed by atoms with Crippen LogP contribution in [0.1, 0.15) is 13.3 Å². The molecule has 0 spiro atoms. The van der Waals surface area contributed by atoms with Gasteiger partial charge in [-0.1, -0.05) is 6.92 Å². The van der Waals surface area contributed by atoms with Gasteiger partial charge in [0, 0.05) is 5.37 Å². The Balaban J connectivity index is 3.62. The molecule has 0 fully saturated rings. The Morgan fingerprint density at radius 2 is 1.75 bits per heavy atom. The number of hydrogen-bond donors (Lipinski definition) is 1. The highest BCUT2D eigenvalue weighted by Gasteiger charge is 2.11. The van der Waals surface area contributed by atoms with Crippen LogP contribution in [0, 0.1) is 0 Å². The second kappa shape index (κ2) is 2.74. The molecule has 2 heteroatoms. The number of nitrogens with two attached hydrogens (primary N) is 1. The molecule has 0 amide bonds. The van der Waals surface area contributed by atoms with Gasteiger partial charge in [-0.2, -0.15) is 0 Å². The topological polar surface area (TPSA) is 26.0 Å². The lowest BCUT2D eigenvalue weighted by atomic mass is 10.5. The Hall–Kier alpha value is 0.310. The molecule has 0 rings (SSSR count). The third-order valence-electron chi connectivity index (χ3n) is 1.31. The van der Waals surface area contributed by atoms with Gasteiger partial charge in [0.1, 0.15) is 0 Å². The molecule has 0 saturated carbocycles. The highest BCUT2D eigenvalue weighted by Crippen LogP contribution is 2.39. The summed E-state index contributed by atoms with van der Waals surface area (Å²) in [4.78, 5) is 0. The number of rotatable bonds is 2. The third-order valence-corrected chi connectivity index (χ3v) is 3.46. The fourth-order valence-corrected chi connectivity index (χ4v) is 1.50. The van der Waals surface area contributed by atoms with Gasteiger partial charge < -0.3 is 5.73 Å². The molecule has 0 aromatic carbocycles. The van der Waals surface area contributed by atoms with E-state index in [0.717, 1.165) is 6.42 Å². The summed E-state index contributed by atoms with van der Waals surface area (Å²) in [5.74, 6) is 0. The van der Waals surface area contributed by atoms with Crippen LogP contribution in [0.4, 0.5) is 0 Å². The molecule has 1 unspecified atom stereocenters. The fraction of sp³-hybridized carbons (Fsp3) is 1.00. The predicted molar refractivity (Wildman–Crippen MR) is 43.6 cm³/mol. The molecule has 1 atom stereocenters. The van der Waals surface area contributed by atoms with Crippen LogP contribution in [-0.4, -0.2) is 24.1 Å². The van der Waals surface area contributed by atoms with Gasteiger partial charge in [0.05, 0.1) is 0 Å². The Bertz CT molecular complexity index is 65.4. The second-order valence-corrected chi connectivity index (χ2v) is 7.35. The van der Waals surface area contributed by atoms with Crippen molar-refractivity contribution in [2.24, 2.45) is 5.73 Å². The molecule has 1 nitrogen and oxygen atoms in total. The van der Waals surface area contributed by atoms with E-state index in [1.54, 1.807) is 0 Å². The van der Waals surface area contributed by atoms with Gasteiger partial charge in [0.25, 0.3) is 0 Å². The van der Waals surface area contributed by atoms with Gasteiger partial charge in [-0.3, -0.25) is 0 Å². The van der Waals surface area contributed by atoms with Crippen molar-refractivity contribution in [3.05, 3.63) is 0 Å². The van der Waals surface area contributed by atoms with Crippen molar-refractivity contribution in [2.45, 2.75) is 18.7 Å². The first-order valence-corrected chi connectivity index (χ1v) is 5.83. The summed E-state index contributed by atoms with van der Waals surface area (Å²) in [6.45, 7) is 2.14. The first kappa shape index (κ1) is 8.31. The van der Waals surface area contributed by atoms with Gasteiger partial charge in [-0.25, -0.2) is 10.0 Å². The largest absolute Gasteiger partial charge is 0.321 e. The minimum absolute atomic E-state index is 0.433. The van der Waals surface area contributed by atoms with E-state index in [9.17, 15) is 0 Å². The Labute approximate surface area is 54.0 Å². The van der Waals surface area contributed by atoms with Crippen molar-refractivity contribution in [3.63, 3.8) is 0 Å². The fourth-order valence-electron chi connectivity index (χ4n) is 0.500. The average molecular weight is 135 g/mol. The van der Waals surface area contributed by atoms with E-state index in [-0.39, 0.29) is 0 Å². The Kier molecular flexibility index (Phi) is 2.84. The van der Waals surface area contributed by atoms with Gasteiger partial charge in [0.2, 0.25) is 0 Å². The van der Waals surface area contributed by atoms with Gasteiger partial charge in [-0.15, -0.1) is 0 Å². The molecular weight excluding hydrogens is 118 g/mol. The molecule has 0 aromatic rings. The van der Waals surface area contributed by atoms with E-state index in [0.29, 0.717) is 5.37 Å². The van der Waals surface area contributed by atoms with Gasteiger partial charge in [-0.05, 0) is 25.2 Å². The summed E-state index contributed by atoms with van der Waals surface area (Å²) in [6.07, 6.45) is 7.86. The van der Waals surface area contributed by atoms with Crippen LogP contribution in [0.2, 0.25) is 0 Å². The lowest BCUT2D eigenvalue weighted by Crippen LogP contribution is -2.24. The molecule has 0 bridgehead atoms. The monoisotopic (exact) mass is 135 g/mol. The standard InChI is InChI=1S/C6H17NS/c1-5-6(7)8(2,3)4/h6H,5,7H2,1-4H3. The van der Waals surface area contributed by atoms with E-state index in [2.05, 4.69) is 25.7 Å². The van der Waals surface area contributed by atoms with Crippen LogP contribution in [-0.2, 0) is 0 Å². The zero-order chi connectivity index (χ0) is 6.78. The molecule has 8 heavy (non-hydrogen) atoms. The lowest BCUT2D eigenvalue weighted by molar-refractivity contribution is 0.860. The summed E-state index contributed by atoms with van der Waals surface area (Å²) < 4.78 is 0.